The van der Waals surface area contributed by atoms with Gasteiger partial charge in [-0.1, -0.05) is 115 Å². The Morgan fingerprint density at radius 2 is 1.21 bits per heavy atom. The molecule has 6 rings (SSSR count). The number of nitrogens with zero attached hydrogens (tertiary/aromatic N) is 1. The monoisotopic (exact) mass is 525 g/mol. The summed E-state index contributed by atoms with van der Waals surface area (Å²) in [4.78, 5) is 2.42. The standard InChI is InChI=1S/C37H32ClN/c1-26(39(2)36-21-18-29-10-4-6-12-33(29)25-36)37(30-16-19-35(38)20-17-30)23-27-8-7-13-31(22-27)34-15-14-28-9-3-5-11-32(28)24-34/h3-22,24-26,37H,23H2,1-2H3. The van der Waals surface area contributed by atoms with Crippen LogP contribution in [0.1, 0.15) is 24.0 Å². The van der Waals surface area contributed by atoms with Crippen LogP contribution in [0, 0.1) is 0 Å². The molecule has 0 aliphatic rings. The number of hydrogen-bond acceptors (Lipinski definition) is 1. The fraction of sp³-hybridized carbons (Fsp3) is 0.135. The summed E-state index contributed by atoms with van der Waals surface area (Å²) in [5.41, 5.74) is 6.36. The first-order valence-electron chi connectivity index (χ1n) is 13.6. The quantitative estimate of drug-likeness (QED) is 0.200. The second-order valence-electron chi connectivity index (χ2n) is 10.5. The molecule has 0 saturated carbocycles. The molecule has 2 unspecified atom stereocenters. The van der Waals surface area contributed by atoms with Gasteiger partial charge in [0.1, 0.15) is 0 Å². The highest BCUT2D eigenvalue weighted by molar-refractivity contribution is 6.30. The van der Waals surface area contributed by atoms with Crippen molar-refractivity contribution in [2.45, 2.75) is 25.3 Å². The number of halogens is 1. The first-order chi connectivity index (χ1) is 19.0. The normalized spacial score (nSPS) is 12.9. The maximum atomic E-state index is 6.29. The highest BCUT2D eigenvalue weighted by Crippen LogP contribution is 2.33. The van der Waals surface area contributed by atoms with Crippen molar-refractivity contribution in [1.82, 2.24) is 0 Å². The van der Waals surface area contributed by atoms with Gasteiger partial charge in [0.25, 0.3) is 0 Å². The van der Waals surface area contributed by atoms with Crippen LogP contribution >= 0.6 is 11.6 Å². The van der Waals surface area contributed by atoms with E-state index < -0.39 is 0 Å². The SMILES string of the molecule is CC(C(Cc1cccc(-c2ccc3ccccc3c2)c1)c1ccc(Cl)cc1)N(C)c1ccc2ccccc2c1. The van der Waals surface area contributed by atoms with Crippen molar-refractivity contribution >= 4 is 38.8 Å². The van der Waals surface area contributed by atoms with Crippen LogP contribution in [0.15, 0.2) is 133 Å². The summed E-state index contributed by atoms with van der Waals surface area (Å²) in [7, 11) is 2.21. The lowest BCUT2D eigenvalue weighted by Gasteiger charge is -2.34. The fourth-order valence-electron chi connectivity index (χ4n) is 5.68. The van der Waals surface area contributed by atoms with Crippen LogP contribution in [0.25, 0.3) is 32.7 Å². The van der Waals surface area contributed by atoms with Crippen molar-refractivity contribution in [2.75, 3.05) is 11.9 Å². The fourth-order valence-corrected chi connectivity index (χ4v) is 5.80. The zero-order chi connectivity index (χ0) is 26.8. The van der Waals surface area contributed by atoms with Gasteiger partial charge < -0.3 is 4.90 Å². The number of benzene rings is 6. The van der Waals surface area contributed by atoms with Gasteiger partial charge in [0.05, 0.1) is 0 Å². The van der Waals surface area contributed by atoms with Gasteiger partial charge in [-0.3, -0.25) is 0 Å². The van der Waals surface area contributed by atoms with Gasteiger partial charge in [-0.2, -0.15) is 0 Å². The van der Waals surface area contributed by atoms with Gasteiger partial charge in [-0.25, -0.2) is 0 Å². The summed E-state index contributed by atoms with van der Waals surface area (Å²) >= 11 is 6.29. The highest BCUT2D eigenvalue weighted by Gasteiger charge is 2.24. The van der Waals surface area contributed by atoms with E-state index in [1.54, 1.807) is 0 Å². The van der Waals surface area contributed by atoms with E-state index in [1.165, 1.54) is 49.5 Å². The molecule has 2 heteroatoms. The molecule has 0 amide bonds. The van der Waals surface area contributed by atoms with Crippen molar-refractivity contribution in [1.29, 1.82) is 0 Å². The van der Waals surface area contributed by atoms with Crippen molar-refractivity contribution in [3.8, 4) is 11.1 Å². The summed E-state index contributed by atoms with van der Waals surface area (Å²) in [6.45, 7) is 2.33. The Labute approximate surface area is 236 Å². The predicted octanol–water partition coefficient (Wildman–Crippen LogP) is 10.2. The van der Waals surface area contributed by atoms with E-state index in [0.29, 0.717) is 0 Å². The largest absolute Gasteiger partial charge is 0.371 e. The van der Waals surface area contributed by atoms with E-state index in [1.807, 2.05) is 12.1 Å². The minimum atomic E-state index is 0.261. The molecule has 0 spiro atoms. The summed E-state index contributed by atoms with van der Waals surface area (Å²) < 4.78 is 0. The van der Waals surface area contributed by atoms with E-state index >= 15 is 0 Å². The van der Waals surface area contributed by atoms with E-state index in [-0.39, 0.29) is 12.0 Å². The third kappa shape index (κ3) is 5.41. The van der Waals surface area contributed by atoms with Gasteiger partial charge in [-0.15, -0.1) is 0 Å². The lowest BCUT2D eigenvalue weighted by atomic mass is 9.85. The number of likely N-dealkylation sites (N-methyl/N-ethyl adjacent to an activating group) is 1. The van der Waals surface area contributed by atoms with Crippen LogP contribution in [-0.2, 0) is 6.42 Å². The van der Waals surface area contributed by atoms with Crippen LogP contribution in [0.3, 0.4) is 0 Å². The Kier molecular flexibility index (Phi) is 7.09. The molecular formula is C37H32ClN. The average Bonchev–Trinajstić information content (AvgIpc) is 2.99. The number of anilines is 1. The molecule has 0 aromatic heterocycles. The van der Waals surface area contributed by atoms with E-state index in [9.17, 15) is 0 Å². The molecule has 0 aliphatic carbocycles. The average molecular weight is 526 g/mol. The number of fused-ring (bicyclic) bond motifs is 2. The molecule has 0 radical (unpaired) electrons. The molecule has 0 fully saturated rings. The molecule has 6 aromatic carbocycles. The van der Waals surface area contributed by atoms with Crippen molar-refractivity contribution in [2.24, 2.45) is 0 Å². The maximum absolute atomic E-state index is 6.29. The Bertz CT molecular complexity index is 1740. The molecular weight excluding hydrogens is 494 g/mol. The second kappa shape index (κ2) is 11.0. The minimum Gasteiger partial charge on any atom is -0.371 e. The van der Waals surface area contributed by atoms with E-state index in [0.717, 1.165) is 11.4 Å². The zero-order valence-corrected chi connectivity index (χ0v) is 23.1. The van der Waals surface area contributed by atoms with Gasteiger partial charge >= 0.3 is 0 Å². The molecule has 0 N–H and O–H groups in total. The smallest absolute Gasteiger partial charge is 0.0406 e. The lowest BCUT2D eigenvalue weighted by Crippen LogP contribution is -2.35. The van der Waals surface area contributed by atoms with Crippen LogP contribution in [-0.4, -0.2) is 13.1 Å². The maximum Gasteiger partial charge on any atom is 0.0406 e. The van der Waals surface area contributed by atoms with E-state index in [2.05, 4.69) is 140 Å². The van der Waals surface area contributed by atoms with Gasteiger partial charge in [0, 0.05) is 29.7 Å². The lowest BCUT2D eigenvalue weighted by molar-refractivity contribution is 0.540. The predicted molar refractivity (Wildman–Crippen MR) is 169 cm³/mol. The molecule has 0 heterocycles. The first kappa shape index (κ1) is 25.2. The van der Waals surface area contributed by atoms with Gasteiger partial charge in [0.2, 0.25) is 0 Å². The summed E-state index contributed by atoms with van der Waals surface area (Å²) in [6.07, 6.45) is 0.933. The summed E-state index contributed by atoms with van der Waals surface area (Å²) in [6, 6.07) is 48.3. The molecule has 2 atom stereocenters. The van der Waals surface area contributed by atoms with E-state index in [4.69, 9.17) is 11.6 Å². The summed E-state index contributed by atoms with van der Waals surface area (Å²) in [5, 5.41) is 5.84. The second-order valence-corrected chi connectivity index (χ2v) is 10.9. The van der Waals surface area contributed by atoms with Crippen LogP contribution < -0.4 is 4.90 Å². The van der Waals surface area contributed by atoms with Crippen LogP contribution in [0.2, 0.25) is 5.02 Å². The molecule has 192 valence electrons. The third-order valence-electron chi connectivity index (χ3n) is 8.10. The number of hydrogen-bond donors (Lipinski definition) is 0. The minimum absolute atomic E-state index is 0.261. The first-order valence-corrected chi connectivity index (χ1v) is 14.0. The molecule has 39 heavy (non-hydrogen) atoms. The Morgan fingerprint density at radius 3 is 1.92 bits per heavy atom. The van der Waals surface area contributed by atoms with Gasteiger partial charge in [-0.05, 0) is 87.5 Å². The Balaban J connectivity index is 1.33. The van der Waals surface area contributed by atoms with Gasteiger partial charge in [0.15, 0.2) is 0 Å². The third-order valence-corrected chi connectivity index (χ3v) is 8.35. The molecule has 1 nitrogen and oxygen atoms in total. The molecule has 0 saturated heterocycles. The molecule has 0 bridgehead atoms. The molecule has 6 aromatic rings. The van der Waals surface area contributed by atoms with Crippen molar-refractivity contribution in [3.63, 3.8) is 0 Å². The molecule has 0 aliphatic heterocycles. The highest BCUT2D eigenvalue weighted by atomic mass is 35.5. The van der Waals surface area contributed by atoms with Crippen LogP contribution in [0.4, 0.5) is 5.69 Å². The zero-order valence-electron chi connectivity index (χ0n) is 22.4. The van der Waals surface area contributed by atoms with Crippen molar-refractivity contribution in [3.05, 3.63) is 150 Å². The summed E-state index contributed by atoms with van der Waals surface area (Å²) in [5.74, 6) is 0.283. The Morgan fingerprint density at radius 1 is 0.590 bits per heavy atom. The number of rotatable bonds is 7. The topological polar surface area (TPSA) is 3.24 Å². The Hall–Kier alpha value is -4.07. The van der Waals surface area contributed by atoms with Crippen LogP contribution in [0.5, 0.6) is 0 Å². The van der Waals surface area contributed by atoms with Crippen molar-refractivity contribution < 1.29 is 0 Å².